The highest BCUT2D eigenvalue weighted by molar-refractivity contribution is 7.99. The second-order valence-electron chi connectivity index (χ2n) is 4.84. The molecular weight excluding hydrogens is 301 g/mol. The van der Waals surface area contributed by atoms with Crippen LogP contribution < -0.4 is 0 Å². The number of hydrogen-bond donors (Lipinski definition) is 0. The first kappa shape index (κ1) is 18.6. The maximum atomic E-state index is 14.0. The van der Waals surface area contributed by atoms with Crippen LogP contribution in [-0.4, -0.2) is 24.5 Å². The maximum Gasteiger partial charge on any atom is 0.157 e. The molecule has 0 spiro atoms. The molecular formula is C17H22FNO2S. The highest BCUT2D eigenvalue weighted by atomic mass is 32.2. The minimum Gasteiger partial charge on any atom is -0.374 e. The summed E-state index contributed by atoms with van der Waals surface area (Å²) >= 11 is 1.29. The lowest BCUT2D eigenvalue weighted by molar-refractivity contribution is -0.113. The van der Waals surface area contributed by atoms with Crippen LogP contribution >= 0.6 is 11.8 Å². The molecule has 0 unspecified atom stereocenters. The molecule has 0 saturated heterocycles. The van der Waals surface area contributed by atoms with Crippen LogP contribution in [-0.2, 0) is 9.53 Å². The molecule has 0 N–H and O–H groups in total. The summed E-state index contributed by atoms with van der Waals surface area (Å²) in [6.07, 6.45) is 0.631. The standard InChI is InChI=1S/C17H22FNO2S/c1-6-14(13(4)20)11(2)19-12(3)15-8-7-9-16(18)17(15)22-10-21-5/h7-9H,6,10H2,1-5H3/b14-11-,19-12?. The number of carbonyl (C=O) groups is 1. The smallest absolute Gasteiger partial charge is 0.157 e. The topological polar surface area (TPSA) is 38.7 Å². The van der Waals surface area contributed by atoms with E-state index in [1.807, 2.05) is 26.8 Å². The predicted molar refractivity (Wildman–Crippen MR) is 90.0 cm³/mol. The molecule has 1 rings (SSSR count). The molecule has 0 fully saturated rings. The van der Waals surface area contributed by atoms with E-state index in [2.05, 4.69) is 4.99 Å². The maximum absolute atomic E-state index is 14.0. The van der Waals surface area contributed by atoms with Crippen molar-refractivity contribution >= 4 is 23.3 Å². The summed E-state index contributed by atoms with van der Waals surface area (Å²) in [6.45, 7) is 7.09. The largest absolute Gasteiger partial charge is 0.374 e. The van der Waals surface area contributed by atoms with Gasteiger partial charge in [0.25, 0.3) is 0 Å². The van der Waals surface area contributed by atoms with Crippen LogP contribution in [0, 0.1) is 5.82 Å². The van der Waals surface area contributed by atoms with Gasteiger partial charge in [-0.25, -0.2) is 4.39 Å². The van der Waals surface area contributed by atoms with Crippen LogP contribution in [0.4, 0.5) is 4.39 Å². The molecule has 0 aliphatic carbocycles. The zero-order valence-electron chi connectivity index (χ0n) is 13.7. The molecule has 0 aliphatic rings. The van der Waals surface area contributed by atoms with Gasteiger partial charge in [-0.1, -0.05) is 30.8 Å². The van der Waals surface area contributed by atoms with Crippen molar-refractivity contribution in [2.24, 2.45) is 4.99 Å². The minimum atomic E-state index is -0.294. The molecule has 22 heavy (non-hydrogen) atoms. The number of rotatable bonds is 7. The molecule has 1 aromatic carbocycles. The number of halogens is 1. The summed E-state index contributed by atoms with van der Waals surface area (Å²) in [5.41, 5.74) is 2.78. The van der Waals surface area contributed by atoms with Gasteiger partial charge >= 0.3 is 0 Å². The average molecular weight is 323 g/mol. The average Bonchev–Trinajstić information content (AvgIpc) is 2.45. The van der Waals surface area contributed by atoms with Crippen molar-refractivity contribution in [2.75, 3.05) is 13.0 Å². The molecule has 5 heteroatoms. The Morgan fingerprint density at radius 3 is 2.55 bits per heavy atom. The number of ketones is 1. The number of carbonyl (C=O) groups excluding carboxylic acids is 1. The van der Waals surface area contributed by atoms with Gasteiger partial charge in [-0.05, 0) is 33.3 Å². The van der Waals surface area contributed by atoms with Crippen LogP contribution in [0.5, 0.6) is 0 Å². The zero-order chi connectivity index (χ0) is 16.7. The van der Waals surface area contributed by atoms with Gasteiger partial charge in [0.2, 0.25) is 0 Å². The predicted octanol–water partition coefficient (Wildman–Crippen LogP) is 4.60. The monoisotopic (exact) mass is 323 g/mol. The molecule has 0 radical (unpaired) electrons. The van der Waals surface area contributed by atoms with E-state index in [0.717, 1.165) is 5.56 Å². The molecule has 0 saturated carbocycles. The number of hydrogen-bond acceptors (Lipinski definition) is 4. The van der Waals surface area contributed by atoms with Crippen LogP contribution in [0.3, 0.4) is 0 Å². The van der Waals surface area contributed by atoms with Gasteiger partial charge in [0.1, 0.15) is 5.82 Å². The third-order valence-electron chi connectivity index (χ3n) is 3.23. The number of aliphatic imine (C=N–C) groups is 1. The lowest BCUT2D eigenvalue weighted by atomic mass is 10.1. The van der Waals surface area contributed by atoms with Crippen molar-refractivity contribution in [2.45, 2.75) is 39.0 Å². The van der Waals surface area contributed by atoms with Crippen molar-refractivity contribution in [1.82, 2.24) is 0 Å². The van der Waals surface area contributed by atoms with Gasteiger partial charge in [0.05, 0.1) is 10.8 Å². The van der Waals surface area contributed by atoms with Crippen molar-refractivity contribution < 1.29 is 13.9 Å². The number of Topliss-reactive ketones (excluding diaryl/α,β-unsaturated/α-hetero) is 1. The SMILES string of the molecule is CC/C(C(C)=O)=C(\C)N=C(C)c1cccc(F)c1SCOC. The van der Waals surface area contributed by atoms with E-state index < -0.39 is 0 Å². The Morgan fingerprint density at radius 1 is 1.32 bits per heavy atom. The molecule has 0 amide bonds. The fraction of sp³-hybridized carbons (Fsp3) is 0.412. The number of benzene rings is 1. The molecule has 0 aliphatic heterocycles. The van der Waals surface area contributed by atoms with E-state index in [-0.39, 0.29) is 11.6 Å². The van der Waals surface area contributed by atoms with E-state index in [1.54, 1.807) is 13.2 Å². The van der Waals surface area contributed by atoms with Crippen molar-refractivity contribution in [3.63, 3.8) is 0 Å². The first-order valence-electron chi connectivity index (χ1n) is 7.08. The van der Waals surface area contributed by atoms with Crippen LogP contribution in [0.2, 0.25) is 0 Å². The first-order valence-corrected chi connectivity index (χ1v) is 8.07. The Labute approximate surface area is 135 Å². The third-order valence-corrected chi connectivity index (χ3v) is 4.29. The highest BCUT2D eigenvalue weighted by Crippen LogP contribution is 2.27. The van der Waals surface area contributed by atoms with Gasteiger partial charge in [0, 0.05) is 29.7 Å². The van der Waals surface area contributed by atoms with Crippen molar-refractivity contribution in [1.29, 1.82) is 0 Å². The molecule has 0 aromatic heterocycles. The Hall–Kier alpha value is -1.46. The van der Waals surface area contributed by atoms with Gasteiger partial charge in [-0.2, -0.15) is 0 Å². The number of thioether (sulfide) groups is 1. The van der Waals surface area contributed by atoms with E-state index in [0.29, 0.717) is 34.2 Å². The third kappa shape index (κ3) is 4.78. The normalized spacial score (nSPS) is 13.1. The molecule has 0 atom stereocenters. The van der Waals surface area contributed by atoms with Gasteiger partial charge in [0.15, 0.2) is 5.78 Å². The molecule has 120 valence electrons. The zero-order valence-corrected chi connectivity index (χ0v) is 14.5. The molecule has 0 heterocycles. The van der Waals surface area contributed by atoms with E-state index in [9.17, 15) is 9.18 Å². The number of allylic oxidation sites excluding steroid dienone is 2. The number of methoxy groups -OCH3 is 1. The highest BCUT2D eigenvalue weighted by Gasteiger charge is 2.12. The Bertz CT molecular complexity index is 609. The van der Waals surface area contributed by atoms with E-state index in [1.165, 1.54) is 24.8 Å². The summed E-state index contributed by atoms with van der Waals surface area (Å²) in [5, 5.41) is 0. The fourth-order valence-electron chi connectivity index (χ4n) is 2.20. The van der Waals surface area contributed by atoms with Gasteiger partial charge in [-0.15, -0.1) is 0 Å². The summed E-state index contributed by atoms with van der Waals surface area (Å²) in [4.78, 5) is 16.6. The quantitative estimate of drug-likeness (QED) is 0.318. The van der Waals surface area contributed by atoms with Crippen molar-refractivity contribution in [3.8, 4) is 0 Å². The van der Waals surface area contributed by atoms with E-state index >= 15 is 0 Å². The molecule has 3 nitrogen and oxygen atoms in total. The van der Waals surface area contributed by atoms with Crippen LogP contribution in [0.1, 0.15) is 39.7 Å². The summed E-state index contributed by atoms with van der Waals surface area (Å²) < 4.78 is 19.0. The summed E-state index contributed by atoms with van der Waals surface area (Å²) in [7, 11) is 1.57. The first-order chi connectivity index (χ1) is 10.4. The fourth-order valence-corrected chi connectivity index (χ4v) is 3.01. The molecule has 0 bridgehead atoms. The number of nitrogens with zero attached hydrogens (tertiary/aromatic N) is 1. The van der Waals surface area contributed by atoms with Crippen LogP contribution in [0.25, 0.3) is 0 Å². The number of ether oxygens (including phenoxy) is 1. The second-order valence-corrected chi connectivity index (χ2v) is 5.77. The van der Waals surface area contributed by atoms with Crippen molar-refractivity contribution in [3.05, 3.63) is 40.8 Å². The summed E-state index contributed by atoms with van der Waals surface area (Å²) in [6, 6.07) is 4.91. The molecule has 1 aromatic rings. The minimum absolute atomic E-state index is 0.0183. The second kappa shape index (κ2) is 8.86. The lowest BCUT2D eigenvalue weighted by Gasteiger charge is -2.11. The van der Waals surface area contributed by atoms with Gasteiger partial charge in [-0.3, -0.25) is 9.79 Å². The Balaban J connectivity index is 3.27. The van der Waals surface area contributed by atoms with E-state index in [4.69, 9.17) is 4.74 Å². The van der Waals surface area contributed by atoms with Gasteiger partial charge < -0.3 is 4.74 Å². The Kier molecular flexibility index (Phi) is 7.48. The van der Waals surface area contributed by atoms with Crippen LogP contribution in [0.15, 0.2) is 39.4 Å². The lowest BCUT2D eigenvalue weighted by Crippen LogP contribution is -2.03. The Morgan fingerprint density at radius 2 is 2.00 bits per heavy atom. The summed E-state index contributed by atoms with van der Waals surface area (Å²) in [5.74, 6) is 0.0896.